The van der Waals surface area contributed by atoms with Gasteiger partial charge in [-0.15, -0.1) is 11.3 Å². The lowest BCUT2D eigenvalue weighted by molar-refractivity contribution is 0.553. The van der Waals surface area contributed by atoms with Crippen LogP contribution in [0.3, 0.4) is 0 Å². The van der Waals surface area contributed by atoms with E-state index in [2.05, 4.69) is 25.6 Å². The maximum atomic E-state index is 12.3. The molecule has 1 N–H and O–H groups in total. The first-order chi connectivity index (χ1) is 9.03. The lowest BCUT2D eigenvalue weighted by Gasteiger charge is -2.15. The molecule has 19 heavy (non-hydrogen) atoms. The quantitative estimate of drug-likeness (QED) is 0.889. The van der Waals surface area contributed by atoms with Crippen molar-refractivity contribution in [2.45, 2.75) is 24.3 Å². The van der Waals surface area contributed by atoms with Gasteiger partial charge in [-0.1, -0.05) is 13.0 Å². The molecule has 7 heteroatoms. The van der Waals surface area contributed by atoms with Gasteiger partial charge in [-0.05, 0) is 39.9 Å². The first-order valence-corrected chi connectivity index (χ1v) is 8.85. The highest BCUT2D eigenvalue weighted by Gasteiger charge is 2.21. The van der Waals surface area contributed by atoms with Gasteiger partial charge in [0.15, 0.2) is 0 Å². The van der Waals surface area contributed by atoms with E-state index in [-0.39, 0.29) is 10.9 Å². The summed E-state index contributed by atoms with van der Waals surface area (Å²) in [5, 5.41) is 1.94. The molecular weight excluding hydrogens is 348 g/mol. The Labute approximate surface area is 125 Å². The molecular formula is C12H13BrN2O2S2. The summed E-state index contributed by atoms with van der Waals surface area (Å²) in [5.41, 5.74) is 0. The van der Waals surface area contributed by atoms with Crippen molar-refractivity contribution in [2.24, 2.45) is 0 Å². The molecule has 0 aliphatic carbocycles. The van der Waals surface area contributed by atoms with Crippen molar-refractivity contribution in [2.75, 3.05) is 0 Å². The molecule has 0 fully saturated rings. The number of nitrogens with zero attached hydrogens (tertiary/aromatic N) is 1. The number of rotatable bonds is 5. The van der Waals surface area contributed by atoms with Gasteiger partial charge in [0.25, 0.3) is 0 Å². The summed E-state index contributed by atoms with van der Waals surface area (Å²) in [7, 11) is -3.56. The summed E-state index contributed by atoms with van der Waals surface area (Å²) in [6.45, 7) is 1.95. The van der Waals surface area contributed by atoms with Gasteiger partial charge in [-0.3, -0.25) is 4.98 Å². The maximum Gasteiger partial charge on any atom is 0.242 e. The van der Waals surface area contributed by atoms with Gasteiger partial charge in [0.1, 0.15) is 4.90 Å². The number of pyridine rings is 1. The fourth-order valence-electron chi connectivity index (χ4n) is 1.63. The molecule has 1 unspecified atom stereocenters. The minimum atomic E-state index is -3.56. The van der Waals surface area contributed by atoms with Gasteiger partial charge >= 0.3 is 0 Å². The molecule has 0 radical (unpaired) electrons. The second kappa shape index (κ2) is 6.13. The molecule has 0 saturated heterocycles. The molecule has 102 valence electrons. The lowest BCUT2D eigenvalue weighted by atomic mass is 10.2. The van der Waals surface area contributed by atoms with E-state index < -0.39 is 10.0 Å². The van der Waals surface area contributed by atoms with Crippen LogP contribution in [0.15, 0.2) is 45.3 Å². The van der Waals surface area contributed by atoms with Crippen molar-refractivity contribution in [1.29, 1.82) is 0 Å². The topological polar surface area (TPSA) is 59.1 Å². The van der Waals surface area contributed by atoms with Crippen LogP contribution in [0.2, 0.25) is 0 Å². The molecule has 0 amide bonds. The fourth-order valence-corrected chi connectivity index (χ4v) is 4.37. The molecule has 2 aromatic heterocycles. The summed E-state index contributed by atoms with van der Waals surface area (Å²) >= 11 is 4.77. The molecule has 0 aromatic carbocycles. The Bertz CT molecular complexity index is 642. The van der Waals surface area contributed by atoms with Crippen LogP contribution in [-0.2, 0) is 10.0 Å². The third kappa shape index (κ3) is 3.62. The Morgan fingerprint density at radius 3 is 2.84 bits per heavy atom. The predicted molar refractivity (Wildman–Crippen MR) is 79.6 cm³/mol. The molecule has 0 aliphatic rings. The van der Waals surface area contributed by atoms with Crippen molar-refractivity contribution in [3.05, 3.63) is 45.3 Å². The number of aromatic nitrogens is 1. The molecule has 4 nitrogen and oxygen atoms in total. The number of halogens is 1. The van der Waals surface area contributed by atoms with Crippen molar-refractivity contribution < 1.29 is 8.42 Å². The highest BCUT2D eigenvalue weighted by Crippen LogP contribution is 2.24. The Kier molecular flexibility index (Phi) is 4.72. The maximum absolute atomic E-state index is 12.3. The van der Waals surface area contributed by atoms with Gasteiger partial charge in [-0.25, -0.2) is 13.1 Å². The van der Waals surface area contributed by atoms with Gasteiger partial charge < -0.3 is 0 Å². The second-order valence-electron chi connectivity index (χ2n) is 3.94. The number of thiophene rings is 1. The summed E-state index contributed by atoms with van der Waals surface area (Å²) in [4.78, 5) is 5.06. The smallest absolute Gasteiger partial charge is 0.242 e. The normalized spacial score (nSPS) is 13.4. The zero-order valence-electron chi connectivity index (χ0n) is 10.2. The van der Waals surface area contributed by atoms with E-state index in [0.29, 0.717) is 10.9 Å². The summed E-state index contributed by atoms with van der Waals surface area (Å²) in [6.07, 6.45) is 3.59. The van der Waals surface area contributed by atoms with Crippen LogP contribution in [-0.4, -0.2) is 13.4 Å². The van der Waals surface area contributed by atoms with E-state index in [1.165, 1.54) is 12.3 Å². The third-order valence-electron chi connectivity index (χ3n) is 2.58. The van der Waals surface area contributed by atoms with E-state index in [0.717, 1.165) is 4.88 Å². The lowest BCUT2D eigenvalue weighted by Crippen LogP contribution is -2.27. The van der Waals surface area contributed by atoms with E-state index in [1.54, 1.807) is 17.5 Å². The molecule has 0 bridgehead atoms. The highest BCUT2D eigenvalue weighted by molar-refractivity contribution is 9.10. The van der Waals surface area contributed by atoms with Crippen molar-refractivity contribution in [3.63, 3.8) is 0 Å². The van der Waals surface area contributed by atoms with Crippen molar-refractivity contribution >= 4 is 37.3 Å². The van der Waals surface area contributed by atoms with E-state index >= 15 is 0 Å². The Balaban J connectivity index is 2.26. The first-order valence-electron chi connectivity index (χ1n) is 5.69. The Morgan fingerprint density at radius 1 is 1.47 bits per heavy atom. The molecule has 2 rings (SSSR count). The molecule has 0 spiro atoms. The SMILES string of the molecule is CCC(NS(=O)(=O)c1cncc(Br)c1)c1cccs1. The average Bonchev–Trinajstić information content (AvgIpc) is 2.90. The fraction of sp³-hybridized carbons (Fsp3) is 0.250. The average molecular weight is 361 g/mol. The Morgan fingerprint density at radius 2 is 2.26 bits per heavy atom. The monoisotopic (exact) mass is 360 g/mol. The molecule has 2 aromatic rings. The minimum Gasteiger partial charge on any atom is -0.262 e. The molecule has 2 heterocycles. The van der Waals surface area contributed by atoms with Gasteiger partial charge in [0.2, 0.25) is 10.0 Å². The summed E-state index contributed by atoms with van der Waals surface area (Å²) in [6, 6.07) is 5.18. The number of nitrogens with one attached hydrogen (secondary N) is 1. The summed E-state index contributed by atoms with van der Waals surface area (Å²) in [5.74, 6) is 0. The molecule has 1 atom stereocenters. The summed E-state index contributed by atoms with van der Waals surface area (Å²) < 4.78 is 27.9. The van der Waals surface area contributed by atoms with Crippen LogP contribution < -0.4 is 4.72 Å². The third-order valence-corrected chi connectivity index (χ3v) is 5.44. The second-order valence-corrected chi connectivity index (χ2v) is 7.55. The Hall–Kier alpha value is -0.760. The predicted octanol–water partition coefficient (Wildman–Crippen LogP) is 3.34. The number of hydrogen-bond acceptors (Lipinski definition) is 4. The first kappa shape index (κ1) is 14.6. The largest absolute Gasteiger partial charge is 0.262 e. The van der Waals surface area contributed by atoms with E-state index in [9.17, 15) is 8.42 Å². The van der Waals surface area contributed by atoms with Gasteiger partial charge in [0.05, 0.1) is 6.04 Å². The van der Waals surface area contributed by atoms with Gasteiger partial charge in [0, 0.05) is 21.7 Å². The molecule has 0 aliphatic heterocycles. The van der Waals surface area contributed by atoms with Crippen LogP contribution in [0, 0.1) is 0 Å². The van der Waals surface area contributed by atoms with Gasteiger partial charge in [-0.2, -0.15) is 0 Å². The standard InChI is InChI=1S/C12H13BrN2O2S2/c1-2-11(12-4-3-5-18-12)15-19(16,17)10-6-9(13)7-14-8-10/h3-8,11,15H,2H2,1H3. The van der Waals surface area contributed by atoms with Crippen LogP contribution >= 0.6 is 27.3 Å². The zero-order valence-corrected chi connectivity index (χ0v) is 13.4. The van der Waals surface area contributed by atoms with Crippen molar-refractivity contribution in [1.82, 2.24) is 9.71 Å². The zero-order chi connectivity index (χ0) is 13.9. The molecule has 0 saturated carbocycles. The van der Waals surface area contributed by atoms with E-state index in [4.69, 9.17) is 0 Å². The van der Waals surface area contributed by atoms with Crippen LogP contribution in [0.5, 0.6) is 0 Å². The highest BCUT2D eigenvalue weighted by atomic mass is 79.9. The number of sulfonamides is 1. The van der Waals surface area contributed by atoms with E-state index in [1.807, 2.05) is 24.4 Å². The van der Waals surface area contributed by atoms with Crippen molar-refractivity contribution in [3.8, 4) is 0 Å². The van der Waals surface area contributed by atoms with Crippen LogP contribution in [0.4, 0.5) is 0 Å². The number of hydrogen-bond donors (Lipinski definition) is 1. The van der Waals surface area contributed by atoms with Crippen LogP contribution in [0.1, 0.15) is 24.3 Å². The van der Waals surface area contributed by atoms with Crippen LogP contribution in [0.25, 0.3) is 0 Å². The minimum absolute atomic E-state index is 0.164.